The predicted molar refractivity (Wildman–Crippen MR) is 53.9 cm³/mol. The predicted octanol–water partition coefficient (Wildman–Crippen LogP) is 1.64. The number of hydrogen-bond acceptors (Lipinski definition) is 5. The average Bonchev–Trinajstić information content (AvgIpc) is 2.09. The van der Waals surface area contributed by atoms with Gasteiger partial charge in [0.1, 0.15) is 5.03 Å². The van der Waals surface area contributed by atoms with E-state index < -0.39 is 0 Å². The molecule has 1 rings (SSSR count). The average molecular weight is 249 g/mol. The Balaban J connectivity index is 2.91. The van der Waals surface area contributed by atoms with E-state index in [9.17, 15) is 0 Å². The van der Waals surface area contributed by atoms with Gasteiger partial charge in [0.25, 0.3) is 0 Å². The smallest absolute Gasteiger partial charge is 0.238 e. The highest BCUT2D eigenvalue weighted by molar-refractivity contribution is 9.10. The van der Waals surface area contributed by atoms with Crippen LogP contribution in [0.5, 0.6) is 0 Å². The van der Waals surface area contributed by atoms with Gasteiger partial charge in [-0.15, -0.1) is 11.8 Å². The second kappa shape index (κ2) is 4.64. The van der Waals surface area contributed by atoms with Crippen LogP contribution in [0.25, 0.3) is 0 Å². The number of hydrogen-bond donors (Lipinski definition) is 2. The third kappa shape index (κ3) is 2.33. The molecule has 0 saturated heterocycles. The number of halogens is 1. The van der Waals surface area contributed by atoms with Crippen molar-refractivity contribution < 1.29 is 0 Å². The summed E-state index contributed by atoms with van der Waals surface area (Å²) in [5.41, 5.74) is 2.40. The molecule has 1 heterocycles. The summed E-state index contributed by atoms with van der Waals surface area (Å²) in [7, 11) is 0. The molecule has 6 heteroatoms. The molecular weight excluding hydrogens is 240 g/mol. The first-order chi connectivity index (χ1) is 5.77. The summed E-state index contributed by atoms with van der Waals surface area (Å²) in [4.78, 5) is 8.08. The maximum Gasteiger partial charge on any atom is 0.238 e. The zero-order valence-electron chi connectivity index (χ0n) is 6.54. The van der Waals surface area contributed by atoms with Crippen molar-refractivity contribution in [3.05, 3.63) is 10.7 Å². The minimum absolute atomic E-state index is 0.439. The third-order valence-corrected chi connectivity index (χ3v) is 2.84. The molecule has 12 heavy (non-hydrogen) atoms. The molecule has 0 bridgehead atoms. The SMILES string of the molecule is CCSc1nc(NN)ncc1Br. The Hall–Kier alpha value is -0.330. The molecule has 4 nitrogen and oxygen atoms in total. The van der Waals surface area contributed by atoms with Crippen molar-refractivity contribution in [2.75, 3.05) is 11.2 Å². The zero-order valence-corrected chi connectivity index (χ0v) is 8.94. The molecule has 0 unspecified atom stereocenters. The van der Waals surface area contributed by atoms with E-state index in [0.717, 1.165) is 15.3 Å². The minimum Gasteiger partial charge on any atom is -0.292 e. The van der Waals surface area contributed by atoms with Crippen LogP contribution in [0.2, 0.25) is 0 Å². The molecule has 3 N–H and O–H groups in total. The lowest BCUT2D eigenvalue weighted by Gasteiger charge is -2.02. The maximum absolute atomic E-state index is 5.17. The normalized spacial score (nSPS) is 9.92. The van der Waals surface area contributed by atoms with E-state index in [4.69, 9.17) is 5.84 Å². The van der Waals surface area contributed by atoms with E-state index in [2.05, 4.69) is 38.2 Å². The van der Waals surface area contributed by atoms with E-state index in [1.807, 2.05) is 0 Å². The van der Waals surface area contributed by atoms with Gasteiger partial charge in [0.15, 0.2) is 0 Å². The van der Waals surface area contributed by atoms with Gasteiger partial charge < -0.3 is 0 Å². The van der Waals surface area contributed by atoms with E-state index in [1.165, 1.54) is 0 Å². The van der Waals surface area contributed by atoms with Crippen LogP contribution in [-0.4, -0.2) is 15.7 Å². The largest absolute Gasteiger partial charge is 0.292 e. The van der Waals surface area contributed by atoms with Crippen molar-refractivity contribution in [2.45, 2.75) is 11.9 Å². The standard InChI is InChI=1S/C6H9BrN4S/c1-2-12-5-4(7)3-9-6(10-5)11-8/h3H,2,8H2,1H3,(H,9,10,11). The number of anilines is 1. The van der Waals surface area contributed by atoms with E-state index in [0.29, 0.717) is 5.95 Å². The van der Waals surface area contributed by atoms with E-state index in [-0.39, 0.29) is 0 Å². The number of nitrogens with zero attached hydrogens (tertiary/aromatic N) is 2. The first kappa shape index (κ1) is 9.76. The number of nitrogens with two attached hydrogens (primary N) is 1. The van der Waals surface area contributed by atoms with Gasteiger partial charge in [-0.25, -0.2) is 15.8 Å². The number of thioether (sulfide) groups is 1. The number of hydrazine groups is 1. The van der Waals surface area contributed by atoms with Gasteiger partial charge >= 0.3 is 0 Å². The lowest BCUT2D eigenvalue weighted by Crippen LogP contribution is -2.10. The number of nitrogens with one attached hydrogen (secondary N) is 1. The summed E-state index contributed by atoms with van der Waals surface area (Å²) < 4.78 is 0.897. The fraction of sp³-hybridized carbons (Fsp3) is 0.333. The molecule has 0 fully saturated rings. The summed E-state index contributed by atoms with van der Waals surface area (Å²) in [6.07, 6.45) is 1.68. The molecule has 0 amide bonds. The Labute approximate surface area is 83.5 Å². The number of aromatic nitrogens is 2. The lowest BCUT2D eigenvalue weighted by molar-refractivity contribution is 1.01. The molecule has 0 saturated carbocycles. The van der Waals surface area contributed by atoms with Crippen LogP contribution in [0.3, 0.4) is 0 Å². The second-order valence-corrected chi connectivity index (χ2v) is 4.03. The Morgan fingerprint density at radius 3 is 3.08 bits per heavy atom. The van der Waals surface area contributed by atoms with Crippen LogP contribution in [0.1, 0.15) is 6.92 Å². The molecule has 0 aliphatic heterocycles. The number of rotatable bonds is 3. The van der Waals surface area contributed by atoms with Crippen LogP contribution < -0.4 is 11.3 Å². The van der Waals surface area contributed by atoms with Gasteiger partial charge in [0.2, 0.25) is 5.95 Å². The monoisotopic (exact) mass is 248 g/mol. The maximum atomic E-state index is 5.17. The van der Waals surface area contributed by atoms with Gasteiger partial charge in [-0.1, -0.05) is 6.92 Å². The van der Waals surface area contributed by atoms with Crippen molar-refractivity contribution in [2.24, 2.45) is 5.84 Å². The van der Waals surface area contributed by atoms with Crippen LogP contribution in [0.15, 0.2) is 15.7 Å². The Kier molecular flexibility index (Phi) is 3.77. The minimum atomic E-state index is 0.439. The molecular formula is C6H9BrN4S. The van der Waals surface area contributed by atoms with Crippen LogP contribution in [-0.2, 0) is 0 Å². The van der Waals surface area contributed by atoms with E-state index >= 15 is 0 Å². The summed E-state index contributed by atoms with van der Waals surface area (Å²) >= 11 is 4.98. The quantitative estimate of drug-likeness (QED) is 0.369. The summed E-state index contributed by atoms with van der Waals surface area (Å²) in [5.74, 6) is 6.58. The number of nitrogen functional groups attached to an aromatic ring is 1. The van der Waals surface area contributed by atoms with E-state index in [1.54, 1.807) is 18.0 Å². The lowest BCUT2D eigenvalue weighted by atomic mass is 10.7. The van der Waals surface area contributed by atoms with Crippen molar-refractivity contribution >= 4 is 33.6 Å². The fourth-order valence-corrected chi connectivity index (χ4v) is 1.81. The van der Waals surface area contributed by atoms with Gasteiger partial charge in [0.05, 0.1) is 4.47 Å². The molecule has 0 aliphatic rings. The van der Waals surface area contributed by atoms with Crippen LogP contribution in [0, 0.1) is 0 Å². The summed E-state index contributed by atoms with van der Waals surface area (Å²) in [5, 5.41) is 0.903. The van der Waals surface area contributed by atoms with Crippen molar-refractivity contribution in [3.8, 4) is 0 Å². The summed E-state index contributed by atoms with van der Waals surface area (Å²) in [6, 6.07) is 0. The highest BCUT2D eigenvalue weighted by Crippen LogP contribution is 2.24. The molecule has 0 spiro atoms. The highest BCUT2D eigenvalue weighted by atomic mass is 79.9. The van der Waals surface area contributed by atoms with Crippen molar-refractivity contribution in [1.29, 1.82) is 0 Å². The fourth-order valence-electron chi connectivity index (χ4n) is 0.659. The summed E-state index contributed by atoms with van der Waals surface area (Å²) in [6.45, 7) is 2.06. The van der Waals surface area contributed by atoms with Gasteiger partial charge in [-0.2, -0.15) is 0 Å². The van der Waals surface area contributed by atoms with Gasteiger partial charge in [0, 0.05) is 6.20 Å². The molecule has 66 valence electrons. The van der Waals surface area contributed by atoms with Crippen LogP contribution >= 0.6 is 27.7 Å². The van der Waals surface area contributed by atoms with Gasteiger partial charge in [-0.05, 0) is 21.7 Å². The van der Waals surface area contributed by atoms with Crippen molar-refractivity contribution in [3.63, 3.8) is 0 Å². The second-order valence-electron chi connectivity index (χ2n) is 1.92. The van der Waals surface area contributed by atoms with Crippen molar-refractivity contribution in [1.82, 2.24) is 9.97 Å². The van der Waals surface area contributed by atoms with Gasteiger partial charge in [-0.3, -0.25) is 5.43 Å². The Bertz CT molecular complexity index is 268. The molecule has 1 aromatic heterocycles. The molecule has 0 radical (unpaired) electrons. The highest BCUT2D eigenvalue weighted by Gasteiger charge is 2.02. The van der Waals surface area contributed by atoms with Crippen LogP contribution in [0.4, 0.5) is 5.95 Å². The molecule has 0 aromatic carbocycles. The molecule has 0 aliphatic carbocycles. The third-order valence-electron chi connectivity index (χ3n) is 1.12. The first-order valence-electron chi connectivity index (χ1n) is 3.40. The zero-order chi connectivity index (χ0) is 8.97. The Morgan fingerprint density at radius 1 is 1.75 bits per heavy atom. The first-order valence-corrected chi connectivity index (χ1v) is 5.17. The molecule has 1 aromatic rings. The Morgan fingerprint density at radius 2 is 2.50 bits per heavy atom. The molecule has 0 atom stereocenters. The topological polar surface area (TPSA) is 63.8 Å².